The topological polar surface area (TPSA) is 0 Å². The predicted molar refractivity (Wildman–Crippen MR) is 140 cm³/mol. The smallest absolute Gasteiger partial charge is 0.0245 e. The van der Waals surface area contributed by atoms with Crippen molar-refractivity contribution in [2.75, 3.05) is 0 Å². The van der Waals surface area contributed by atoms with Gasteiger partial charge in [-0.2, -0.15) is 0 Å². The number of unbranched alkanes of at least 4 members (excludes halogenated alkanes) is 6. The van der Waals surface area contributed by atoms with Gasteiger partial charge in [-0.1, -0.05) is 101 Å². The van der Waals surface area contributed by atoms with Crippen LogP contribution < -0.4 is 0 Å². The molecule has 0 aliphatic heterocycles. The van der Waals surface area contributed by atoms with Gasteiger partial charge in [-0.25, -0.2) is 0 Å². The Morgan fingerprint density at radius 1 is 0.625 bits per heavy atom. The van der Waals surface area contributed by atoms with Gasteiger partial charge in [0.05, 0.1) is 0 Å². The summed E-state index contributed by atoms with van der Waals surface area (Å²) in [6, 6.07) is 18.5. The highest BCUT2D eigenvalue weighted by Crippen LogP contribution is 2.35. The summed E-state index contributed by atoms with van der Waals surface area (Å²) in [5.74, 6) is 8.35. The molecule has 0 heteroatoms. The third-order valence-corrected chi connectivity index (χ3v) is 7.19. The first-order valence-electron chi connectivity index (χ1n) is 13.5. The molecule has 1 saturated carbocycles. The fourth-order valence-corrected chi connectivity index (χ4v) is 4.96. The molecule has 2 aromatic carbocycles. The Morgan fingerprint density at radius 2 is 1.19 bits per heavy atom. The second-order valence-electron chi connectivity index (χ2n) is 9.88. The molecule has 1 fully saturated rings. The Hall–Kier alpha value is -2.00. The third-order valence-electron chi connectivity index (χ3n) is 7.19. The molecule has 0 atom stereocenters. The van der Waals surface area contributed by atoms with Crippen LogP contribution in [0.1, 0.15) is 119 Å². The van der Waals surface area contributed by atoms with Gasteiger partial charge in [0.2, 0.25) is 0 Å². The molecule has 0 heterocycles. The first kappa shape index (κ1) is 24.6. The van der Waals surface area contributed by atoms with Gasteiger partial charge >= 0.3 is 0 Å². The highest BCUT2D eigenvalue weighted by atomic mass is 14.2. The van der Waals surface area contributed by atoms with Gasteiger partial charge in [-0.3, -0.25) is 0 Å². The lowest BCUT2D eigenvalue weighted by molar-refractivity contribution is 0.384. The zero-order valence-electron chi connectivity index (χ0n) is 20.7. The lowest BCUT2D eigenvalue weighted by Crippen LogP contribution is -2.12. The van der Waals surface area contributed by atoms with Gasteiger partial charge in [0.15, 0.2) is 0 Å². The van der Waals surface area contributed by atoms with Crippen LogP contribution in [0.3, 0.4) is 0 Å². The van der Waals surface area contributed by atoms with Crippen molar-refractivity contribution in [3.05, 3.63) is 70.8 Å². The maximum atomic E-state index is 3.58. The van der Waals surface area contributed by atoms with Crippen molar-refractivity contribution in [2.45, 2.75) is 110 Å². The van der Waals surface area contributed by atoms with Gasteiger partial charge in [0.25, 0.3) is 0 Å². The van der Waals surface area contributed by atoms with Crippen molar-refractivity contribution in [3.8, 4) is 11.8 Å². The molecule has 0 bridgehead atoms. The zero-order chi connectivity index (χ0) is 22.4. The van der Waals surface area contributed by atoms with E-state index in [0.717, 1.165) is 5.92 Å². The van der Waals surface area contributed by atoms with E-state index >= 15 is 0 Å². The molecule has 0 radical (unpaired) electrons. The summed E-state index contributed by atoms with van der Waals surface area (Å²) >= 11 is 0. The molecule has 3 rings (SSSR count). The number of rotatable bonds is 11. The van der Waals surface area contributed by atoms with Crippen LogP contribution in [0, 0.1) is 17.8 Å². The highest BCUT2D eigenvalue weighted by molar-refractivity contribution is 5.37. The van der Waals surface area contributed by atoms with Crippen molar-refractivity contribution in [1.29, 1.82) is 0 Å². The second-order valence-corrected chi connectivity index (χ2v) is 9.88. The molecule has 0 unspecified atom stereocenters. The summed E-state index contributed by atoms with van der Waals surface area (Å²) in [5.41, 5.74) is 5.68. The SMILES string of the molecule is CCCCCCCCc1ccc(C#C[C@H]2CC[C@H](c3ccc(CCCC)cc3)CC2)cc1. The highest BCUT2D eigenvalue weighted by Gasteiger charge is 2.21. The number of benzene rings is 2. The lowest BCUT2D eigenvalue weighted by Gasteiger charge is -2.26. The van der Waals surface area contributed by atoms with Crippen molar-refractivity contribution >= 4 is 0 Å². The van der Waals surface area contributed by atoms with E-state index in [-0.39, 0.29) is 0 Å². The Kier molecular flexibility index (Phi) is 10.9. The van der Waals surface area contributed by atoms with Crippen LogP contribution in [0.5, 0.6) is 0 Å². The van der Waals surface area contributed by atoms with Gasteiger partial charge in [0, 0.05) is 11.5 Å². The molecule has 0 amide bonds. The first-order chi connectivity index (χ1) is 15.8. The molecule has 32 heavy (non-hydrogen) atoms. The van der Waals surface area contributed by atoms with Crippen molar-refractivity contribution in [3.63, 3.8) is 0 Å². The second kappa shape index (κ2) is 14.2. The van der Waals surface area contributed by atoms with Crippen LogP contribution in [0.25, 0.3) is 0 Å². The Labute approximate surface area is 198 Å². The van der Waals surface area contributed by atoms with E-state index in [9.17, 15) is 0 Å². The summed E-state index contributed by atoms with van der Waals surface area (Å²) in [7, 11) is 0. The average Bonchev–Trinajstić information content (AvgIpc) is 2.85. The van der Waals surface area contributed by atoms with Crippen LogP contribution in [-0.2, 0) is 12.8 Å². The standard InChI is InChI=1S/C32H44/c1-3-5-7-8-9-10-12-28-13-15-29(16-14-28)17-18-30-21-25-32(26-22-30)31-23-19-27(20-24-31)11-6-4-2/h13-16,19-20,23-24,30,32H,3-12,21-22,25-26H2,1-2H3/t30-,32-. The van der Waals surface area contributed by atoms with E-state index in [0.29, 0.717) is 5.92 Å². The fraction of sp³-hybridized carbons (Fsp3) is 0.562. The molecular weight excluding hydrogens is 384 g/mol. The maximum absolute atomic E-state index is 3.58. The average molecular weight is 429 g/mol. The minimum Gasteiger partial charge on any atom is -0.0945 e. The molecular formula is C32H44. The van der Waals surface area contributed by atoms with Crippen molar-refractivity contribution in [1.82, 2.24) is 0 Å². The van der Waals surface area contributed by atoms with Crippen LogP contribution >= 0.6 is 0 Å². The van der Waals surface area contributed by atoms with Gasteiger partial charge in [0.1, 0.15) is 0 Å². The summed E-state index contributed by atoms with van der Waals surface area (Å²) in [5, 5.41) is 0. The normalized spacial score (nSPS) is 18.2. The van der Waals surface area contributed by atoms with Crippen molar-refractivity contribution < 1.29 is 0 Å². The first-order valence-corrected chi connectivity index (χ1v) is 13.5. The summed E-state index contributed by atoms with van der Waals surface area (Å²) < 4.78 is 0. The minimum absolute atomic E-state index is 0.567. The van der Waals surface area contributed by atoms with E-state index in [2.05, 4.69) is 74.2 Å². The molecule has 0 spiro atoms. The molecule has 0 saturated heterocycles. The number of aryl methyl sites for hydroxylation is 2. The Morgan fingerprint density at radius 3 is 1.84 bits per heavy atom. The number of hydrogen-bond acceptors (Lipinski definition) is 0. The quantitative estimate of drug-likeness (QED) is 0.247. The van der Waals surface area contributed by atoms with E-state index in [1.165, 1.54) is 112 Å². The van der Waals surface area contributed by atoms with E-state index in [4.69, 9.17) is 0 Å². The largest absolute Gasteiger partial charge is 0.0945 e. The maximum Gasteiger partial charge on any atom is 0.0245 e. The molecule has 1 aliphatic rings. The third kappa shape index (κ3) is 8.50. The molecule has 0 aromatic heterocycles. The van der Waals surface area contributed by atoms with Crippen LogP contribution in [-0.4, -0.2) is 0 Å². The molecule has 2 aromatic rings. The fourth-order valence-electron chi connectivity index (χ4n) is 4.96. The Bertz CT molecular complexity index is 807. The van der Waals surface area contributed by atoms with Crippen molar-refractivity contribution in [2.24, 2.45) is 5.92 Å². The van der Waals surface area contributed by atoms with Crippen LogP contribution in [0.2, 0.25) is 0 Å². The van der Waals surface area contributed by atoms with Gasteiger partial charge in [-0.05, 0) is 86.1 Å². The predicted octanol–water partition coefficient (Wildman–Crippen LogP) is 9.26. The minimum atomic E-state index is 0.567. The monoisotopic (exact) mass is 428 g/mol. The molecule has 1 aliphatic carbocycles. The summed E-state index contributed by atoms with van der Waals surface area (Å²) in [4.78, 5) is 0. The molecule has 0 nitrogen and oxygen atoms in total. The molecule has 0 N–H and O–H groups in total. The van der Waals surface area contributed by atoms with Crippen LogP contribution in [0.4, 0.5) is 0 Å². The Balaban J connectivity index is 1.39. The van der Waals surface area contributed by atoms with Crippen LogP contribution in [0.15, 0.2) is 48.5 Å². The van der Waals surface area contributed by atoms with Gasteiger partial charge < -0.3 is 0 Å². The summed E-state index contributed by atoms with van der Waals surface area (Å²) in [6.07, 6.45) is 18.3. The van der Waals surface area contributed by atoms with E-state index in [1.54, 1.807) is 0 Å². The van der Waals surface area contributed by atoms with E-state index in [1.807, 2.05) is 0 Å². The lowest BCUT2D eigenvalue weighted by atomic mass is 9.78. The number of hydrogen-bond donors (Lipinski definition) is 0. The molecule has 172 valence electrons. The summed E-state index contributed by atoms with van der Waals surface area (Å²) in [6.45, 7) is 4.55. The van der Waals surface area contributed by atoms with Gasteiger partial charge in [-0.15, -0.1) is 0 Å². The zero-order valence-corrected chi connectivity index (χ0v) is 20.7. The van der Waals surface area contributed by atoms with E-state index < -0.39 is 0 Å².